The van der Waals surface area contributed by atoms with Crippen LogP contribution in [0.3, 0.4) is 0 Å². The maximum absolute atomic E-state index is 5.09. The summed E-state index contributed by atoms with van der Waals surface area (Å²) in [5, 5.41) is 3.20. The van der Waals surface area contributed by atoms with E-state index in [9.17, 15) is 0 Å². The van der Waals surface area contributed by atoms with E-state index in [1.54, 1.807) is 0 Å². The summed E-state index contributed by atoms with van der Waals surface area (Å²) >= 11 is 0. The first-order valence-electron chi connectivity index (χ1n) is 2.33. The van der Waals surface area contributed by atoms with Crippen LogP contribution in [0.4, 0.5) is 0 Å². The van der Waals surface area contributed by atoms with Gasteiger partial charge >= 0.3 is 0 Å². The van der Waals surface area contributed by atoms with Gasteiger partial charge in [0.15, 0.2) is 0 Å². The number of fused-ring (bicyclic) bond motifs is 1. The predicted octanol–water partition coefficient (Wildman–Crippen LogP) is -0.221. The minimum absolute atomic E-state index is 0. The predicted molar refractivity (Wildman–Crippen MR) is 28.8 cm³/mol. The van der Waals surface area contributed by atoms with Crippen LogP contribution in [0, 0.1) is 0 Å². The minimum atomic E-state index is 0. The SMILES string of the molecule is C1NCC2OC12.Cl. The van der Waals surface area contributed by atoms with Crippen molar-refractivity contribution >= 4 is 12.4 Å². The summed E-state index contributed by atoms with van der Waals surface area (Å²) in [4.78, 5) is 0. The van der Waals surface area contributed by atoms with Crippen molar-refractivity contribution in [3.63, 3.8) is 0 Å². The summed E-state index contributed by atoms with van der Waals surface area (Å²) in [6, 6.07) is 0. The Hall–Kier alpha value is 0.210. The van der Waals surface area contributed by atoms with Crippen LogP contribution >= 0.6 is 12.4 Å². The average Bonchev–Trinajstić information content (AvgIpc) is 2.17. The van der Waals surface area contributed by atoms with Gasteiger partial charge in [0.25, 0.3) is 0 Å². The molecule has 42 valence electrons. The zero-order valence-corrected chi connectivity index (χ0v) is 4.70. The molecule has 0 amide bonds. The Morgan fingerprint density at radius 1 is 1.29 bits per heavy atom. The van der Waals surface area contributed by atoms with E-state index < -0.39 is 0 Å². The Morgan fingerprint density at radius 2 is 1.86 bits per heavy atom. The highest BCUT2D eigenvalue weighted by Crippen LogP contribution is 2.24. The zero-order chi connectivity index (χ0) is 3.98. The van der Waals surface area contributed by atoms with E-state index in [1.165, 1.54) is 0 Å². The van der Waals surface area contributed by atoms with Gasteiger partial charge in [-0.15, -0.1) is 12.4 Å². The Bertz CT molecular complexity index is 70.1. The summed E-state index contributed by atoms with van der Waals surface area (Å²) in [6.45, 7) is 2.18. The smallest absolute Gasteiger partial charge is 0.0979 e. The van der Waals surface area contributed by atoms with Crippen molar-refractivity contribution in [2.24, 2.45) is 0 Å². The normalized spacial score (nSPS) is 44.6. The van der Waals surface area contributed by atoms with E-state index >= 15 is 0 Å². The Labute approximate surface area is 48.6 Å². The molecule has 0 aliphatic carbocycles. The second kappa shape index (κ2) is 1.62. The highest BCUT2D eigenvalue weighted by Gasteiger charge is 2.42. The number of rotatable bonds is 0. The molecule has 2 saturated heterocycles. The molecule has 0 aromatic heterocycles. The third-order valence-electron chi connectivity index (χ3n) is 1.38. The van der Waals surface area contributed by atoms with E-state index in [0.717, 1.165) is 13.1 Å². The highest BCUT2D eigenvalue weighted by molar-refractivity contribution is 5.85. The molecule has 2 aliphatic rings. The molecule has 2 atom stereocenters. The average molecular weight is 122 g/mol. The van der Waals surface area contributed by atoms with Crippen LogP contribution in [0.2, 0.25) is 0 Å². The third kappa shape index (κ3) is 0.738. The molecule has 2 nitrogen and oxygen atoms in total. The molecule has 0 bridgehead atoms. The number of hydrogen-bond acceptors (Lipinski definition) is 2. The van der Waals surface area contributed by atoms with Gasteiger partial charge in [0.2, 0.25) is 0 Å². The second-order valence-electron chi connectivity index (χ2n) is 1.87. The Balaban J connectivity index is 0.000000245. The van der Waals surface area contributed by atoms with Gasteiger partial charge in [0, 0.05) is 13.1 Å². The van der Waals surface area contributed by atoms with E-state index in [1.807, 2.05) is 0 Å². The van der Waals surface area contributed by atoms with Crippen molar-refractivity contribution in [1.29, 1.82) is 0 Å². The largest absolute Gasteiger partial charge is 0.367 e. The maximum atomic E-state index is 5.09. The molecule has 0 aromatic rings. The van der Waals surface area contributed by atoms with Gasteiger partial charge < -0.3 is 10.1 Å². The van der Waals surface area contributed by atoms with Crippen LogP contribution in [0.25, 0.3) is 0 Å². The first-order chi connectivity index (χ1) is 2.97. The molecule has 0 spiro atoms. The summed E-state index contributed by atoms with van der Waals surface area (Å²) in [5.41, 5.74) is 0. The standard InChI is InChI=1S/C4H7NO.ClH/c1-3-4(6-3)2-5-1;/h3-5H,1-2H2;1H. The third-order valence-corrected chi connectivity index (χ3v) is 1.38. The second-order valence-corrected chi connectivity index (χ2v) is 1.87. The topological polar surface area (TPSA) is 24.6 Å². The van der Waals surface area contributed by atoms with E-state index in [4.69, 9.17) is 4.74 Å². The van der Waals surface area contributed by atoms with E-state index in [0.29, 0.717) is 12.2 Å². The fraction of sp³-hybridized carbons (Fsp3) is 1.00. The van der Waals surface area contributed by atoms with Crippen molar-refractivity contribution in [3.8, 4) is 0 Å². The number of nitrogens with one attached hydrogen (secondary N) is 1. The molecule has 0 saturated carbocycles. The molecule has 3 heteroatoms. The zero-order valence-electron chi connectivity index (χ0n) is 3.89. The van der Waals surface area contributed by atoms with Crippen LogP contribution in [-0.4, -0.2) is 25.3 Å². The molecule has 0 aromatic carbocycles. The van der Waals surface area contributed by atoms with Crippen molar-refractivity contribution in [3.05, 3.63) is 0 Å². The number of halogens is 1. The molecule has 2 rings (SSSR count). The van der Waals surface area contributed by atoms with Crippen molar-refractivity contribution in [2.75, 3.05) is 13.1 Å². The first-order valence-corrected chi connectivity index (χ1v) is 2.33. The van der Waals surface area contributed by atoms with Crippen molar-refractivity contribution < 1.29 is 4.74 Å². The monoisotopic (exact) mass is 121 g/mol. The lowest BCUT2D eigenvalue weighted by Crippen LogP contribution is -2.13. The molecule has 2 heterocycles. The summed E-state index contributed by atoms with van der Waals surface area (Å²) in [7, 11) is 0. The minimum Gasteiger partial charge on any atom is -0.367 e. The fourth-order valence-corrected chi connectivity index (χ4v) is 0.906. The fourth-order valence-electron chi connectivity index (χ4n) is 0.906. The van der Waals surface area contributed by atoms with Gasteiger partial charge in [-0.2, -0.15) is 0 Å². The lowest BCUT2D eigenvalue weighted by Gasteiger charge is -1.87. The van der Waals surface area contributed by atoms with E-state index in [-0.39, 0.29) is 12.4 Å². The van der Waals surface area contributed by atoms with Gasteiger partial charge in [-0.1, -0.05) is 0 Å². The number of morpholine rings is 1. The van der Waals surface area contributed by atoms with Crippen LogP contribution in [0.1, 0.15) is 0 Å². The molecule has 2 fully saturated rings. The summed E-state index contributed by atoms with van der Waals surface area (Å²) in [6.07, 6.45) is 1.20. The maximum Gasteiger partial charge on any atom is 0.0979 e. The van der Waals surface area contributed by atoms with Crippen molar-refractivity contribution in [2.45, 2.75) is 12.2 Å². The van der Waals surface area contributed by atoms with Crippen LogP contribution < -0.4 is 5.32 Å². The van der Waals surface area contributed by atoms with Gasteiger partial charge in [-0.05, 0) is 0 Å². The van der Waals surface area contributed by atoms with Gasteiger partial charge in [0.05, 0.1) is 12.2 Å². The summed E-state index contributed by atoms with van der Waals surface area (Å²) < 4.78 is 5.09. The van der Waals surface area contributed by atoms with Gasteiger partial charge in [-0.25, -0.2) is 0 Å². The van der Waals surface area contributed by atoms with Crippen LogP contribution in [-0.2, 0) is 4.74 Å². The molecular formula is C4H8ClNO. The molecule has 2 aliphatic heterocycles. The van der Waals surface area contributed by atoms with Crippen LogP contribution in [0.15, 0.2) is 0 Å². The molecule has 1 N–H and O–H groups in total. The molecule has 7 heavy (non-hydrogen) atoms. The first kappa shape index (κ1) is 5.35. The molecule has 0 radical (unpaired) electrons. The highest BCUT2D eigenvalue weighted by atomic mass is 35.5. The van der Waals surface area contributed by atoms with Gasteiger partial charge in [0.1, 0.15) is 0 Å². The van der Waals surface area contributed by atoms with Gasteiger partial charge in [-0.3, -0.25) is 0 Å². The number of ether oxygens (including phenoxy) is 1. The quantitative estimate of drug-likeness (QED) is 0.448. The van der Waals surface area contributed by atoms with Crippen molar-refractivity contribution in [1.82, 2.24) is 5.32 Å². The summed E-state index contributed by atoms with van der Waals surface area (Å²) in [5.74, 6) is 0. The van der Waals surface area contributed by atoms with E-state index in [2.05, 4.69) is 5.32 Å². The lowest BCUT2D eigenvalue weighted by atomic mass is 10.4. The van der Waals surface area contributed by atoms with Crippen LogP contribution in [0.5, 0.6) is 0 Å². The number of hydrogen-bond donors (Lipinski definition) is 1. The lowest BCUT2D eigenvalue weighted by molar-refractivity contribution is 0.331. The molecule has 2 unspecified atom stereocenters. The molecular weight excluding hydrogens is 114 g/mol. The Kier molecular flexibility index (Phi) is 1.24. The number of epoxide rings is 1. The Morgan fingerprint density at radius 3 is 2.00 bits per heavy atom.